The Hall–Kier alpha value is -3.75. The molecule has 27 heavy (non-hydrogen) atoms. The molecule has 0 amide bonds. The molecule has 9 heteroatoms. The number of hydrogen-bond donors (Lipinski definition) is 0. The molecule has 0 radical (unpaired) electrons. The summed E-state index contributed by atoms with van der Waals surface area (Å²) in [7, 11) is 1.20. The molecule has 0 saturated heterocycles. The van der Waals surface area contributed by atoms with Crippen LogP contribution in [0.3, 0.4) is 0 Å². The van der Waals surface area contributed by atoms with E-state index < -0.39 is 10.9 Å². The standard InChI is InChI=1S/C18H13FN2O6/c1-25-18(22)12-4-7-14(21(23)24)15(8-12)26-10-17-20-9-16(27-17)11-2-5-13(19)6-3-11/h2-9H,10H2,1H3. The molecule has 0 aliphatic carbocycles. The Morgan fingerprint density at radius 3 is 2.67 bits per heavy atom. The molecule has 8 nitrogen and oxygen atoms in total. The summed E-state index contributed by atoms with van der Waals surface area (Å²) in [5.41, 5.74) is 0.416. The van der Waals surface area contributed by atoms with E-state index >= 15 is 0 Å². The van der Waals surface area contributed by atoms with Crippen molar-refractivity contribution in [1.82, 2.24) is 4.98 Å². The maximum atomic E-state index is 13.0. The van der Waals surface area contributed by atoms with Crippen molar-refractivity contribution in [3.8, 4) is 17.1 Å². The first kappa shape index (κ1) is 18.1. The summed E-state index contributed by atoms with van der Waals surface area (Å²) in [6, 6.07) is 9.28. The number of nitro benzene ring substituents is 1. The third-order valence-corrected chi connectivity index (χ3v) is 3.61. The van der Waals surface area contributed by atoms with E-state index in [0.29, 0.717) is 11.3 Å². The average molecular weight is 372 g/mol. The molecule has 0 spiro atoms. The summed E-state index contributed by atoms with van der Waals surface area (Å²) >= 11 is 0. The van der Waals surface area contributed by atoms with Crippen molar-refractivity contribution >= 4 is 11.7 Å². The van der Waals surface area contributed by atoms with Crippen LogP contribution in [0.1, 0.15) is 16.2 Å². The highest BCUT2D eigenvalue weighted by Gasteiger charge is 2.19. The Morgan fingerprint density at radius 2 is 2.00 bits per heavy atom. The van der Waals surface area contributed by atoms with Gasteiger partial charge in [0.15, 0.2) is 18.1 Å². The quantitative estimate of drug-likeness (QED) is 0.368. The SMILES string of the molecule is COC(=O)c1ccc([N+](=O)[O-])c(OCc2ncc(-c3ccc(F)cc3)o2)c1. The summed E-state index contributed by atoms with van der Waals surface area (Å²) in [5, 5.41) is 11.1. The lowest BCUT2D eigenvalue weighted by Crippen LogP contribution is -2.04. The molecule has 3 aromatic rings. The highest BCUT2D eigenvalue weighted by Crippen LogP contribution is 2.29. The van der Waals surface area contributed by atoms with Crippen LogP contribution in [0.15, 0.2) is 53.1 Å². The molecular formula is C18H13FN2O6. The monoisotopic (exact) mass is 372 g/mol. The van der Waals surface area contributed by atoms with E-state index in [9.17, 15) is 19.3 Å². The molecule has 0 unspecified atom stereocenters. The van der Waals surface area contributed by atoms with Crippen molar-refractivity contribution in [2.75, 3.05) is 7.11 Å². The number of benzene rings is 2. The van der Waals surface area contributed by atoms with Gasteiger partial charge in [0.2, 0.25) is 5.89 Å². The van der Waals surface area contributed by atoms with E-state index in [4.69, 9.17) is 9.15 Å². The maximum Gasteiger partial charge on any atom is 0.337 e. The molecule has 0 fully saturated rings. The lowest BCUT2D eigenvalue weighted by molar-refractivity contribution is -0.386. The van der Waals surface area contributed by atoms with Gasteiger partial charge in [-0.05, 0) is 30.3 Å². The zero-order valence-corrected chi connectivity index (χ0v) is 14.0. The largest absolute Gasteiger partial charge is 0.477 e. The van der Waals surface area contributed by atoms with Gasteiger partial charge in [0, 0.05) is 17.7 Å². The minimum Gasteiger partial charge on any atom is -0.477 e. The third-order valence-electron chi connectivity index (χ3n) is 3.61. The minimum absolute atomic E-state index is 0.109. The summed E-state index contributed by atoms with van der Waals surface area (Å²) in [5.74, 6) is -0.591. The zero-order chi connectivity index (χ0) is 19.4. The predicted molar refractivity (Wildman–Crippen MR) is 90.7 cm³/mol. The van der Waals surface area contributed by atoms with Gasteiger partial charge >= 0.3 is 11.7 Å². The van der Waals surface area contributed by atoms with Gasteiger partial charge in [-0.25, -0.2) is 14.2 Å². The smallest absolute Gasteiger partial charge is 0.337 e. The van der Waals surface area contributed by atoms with Gasteiger partial charge < -0.3 is 13.9 Å². The van der Waals surface area contributed by atoms with Gasteiger partial charge in [0.05, 0.1) is 23.8 Å². The first-order valence-electron chi connectivity index (χ1n) is 7.68. The van der Waals surface area contributed by atoms with Crippen LogP contribution < -0.4 is 4.74 Å². The van der Waals surface area contributed by atoms with Crippen LogP contribution in [-0.4, -0.2) is 23.0 Å². The predicted octanol–water partition coefficient (Wildman–Crippen LogP) is 3.75. The van der Waals surface area contributed by atoms with E-state index in [2.05, 4.69) is 9.72 Å². The van der Waals surface area contributed by atoms with Gasteiger partial charge in [0.25, 0.3) is 0 Å². The van der Waals surface area contributed by atoms with E-state index in [-0.39, 0.29) is 35.3 Å². The molecule has 0 aliphatic rings. The summed E-state index contributed by atoms with van der Waals surface area (Å²) in [6.45, 7) is -0.202. The number of halogens is 1. The van der Waals surface area contributed by atoms with E-state index in [0.717, 1.165) is 6.07 Å². The van der Waals surface area contributed by atoms with Crippen LogP contribution in [0.25, 0.3) is 11.3 Å². The minimum atomic E-state index is -0.649. The lowest BCUT2D eigenvalue weighted by Gasteiger charge is -2.06. The van der Waals surface area contributed by atoms with Gasteiger partial charge in [-0.1, -0.05) is 0 Å². The molecule has 2 aromatic carbocycles. The van der Waals surface area contributed by atoms with Crippen molar-refractivity contribution in [1.29, 1.82) is 0 Å². The number of rotatable bonds is 6. The Labute approximate surface area is 152 Å². The molecule has 0 N–H and O–H groups in total. The second-order valence-electron chi connectivity index (χ2n) is 5.35. The van der Waals surface area contributed by atoms with Crippen molar-refractivity contribution in [3.63, 3.8) is 0 Å². The van der Waals surface area contributed by atoms with Crippen molar-refractivity contribution in [2.24, 2.45) is 0 Å². The Kier molecular flexibility index (Phi) is 5.11. The second-order valence-corrected chi connectivity index (χ2v) is 5.35. The summed E-state index contributed by atoms with van der Waals surface area (Å²) in [6.07, 6.45) is 1.44. The third kappa shape index (κ3) is 4.09. The summed E-state index contributed by atoms with van der Waals surface area (Å²) < 4.78 is 28.5. The van der Waals surface area contributed by atoms with E-state index in [1.54, 1.807) is 0 Å². The topological polar surface area (TPSA) is 105 Å². The number of carbonyl (C=O) groups excluding carboxylic acids is 1. The molecule has 0 atom stereocenters. The highest BCUT2D eigenvalue weighted by molar-refractivity contribution is 5.90. The Morgan fingerprint density at radius 1 is 1.26 bits per heavy atom. The van der Waals surface area contributed by atoms with Crippen LogP contribution in [0.5, 0.6) is 5.75 Å². The fourth-order valence-corrected chi connectivity index (χ4v) is 2.29. The normalized spacial score (nSPS) is 10.4. The lowest BCUT2D eigenvalue weighted by atomic mass is 10.2. The van der Waals surface area contributed by atoms with Crippen molar-refractivity contribution in [2.45, 2.75) is 6.61 Å². The zero-order valence-electron chi connectivity index (χ0n) is 14.0. The number of hydrogen-bond acceptors (Lipinski definition) is 7. The van der Waals surface area contributed by atoms with Gasteiger partial charge in [-0.2, -0.15) is 0 Å². The number of esters is 1. The fourth-order valence-electron chi connectivity index (χ4n) is 2.29. The molecule has 0 aliphatic heterocycles. The van der Waals surface area contributed by atoms with E-state index in [1.807, 2.05) is 0 Å². The molecule has 138 valence electrons. The molecule has 3 rings (SSSR count). The van der Waals surface area contributed by atoms with Gasteiger partial charge in [-0.15, -0.1) is 0 Å². The van der Waals surface area contributed by atoms with Crippen LogP contribution in [-0.2, 0) is 11.3 Å². The van der Waals surface area contributed by atoms with E-state index in [1.165, 1.54) is 49.7 Å². The Balaban J connectivity index is 1.79. The molecular weight excluding hydrogens is 359 g/mol. The molecule has 0 saturated carbocycles. The van der Waals surface area contributed by atoms with Crippen molar-refractivity contribution in [3.05, 3.63) is 76.0 Å². The molecule has 1 aromatic heterocycles. The molecule has 1 heterocycles. The van der Waals surface area contributed by atoms with Gasteiger partial charge in [-0.3, -0.25) is 10.1 Å². The number of ether oxygens (including phenoxy) is 2. The van der Waals surface area contributed by atoms with Crippen LogP contribution in [0.2, 0.25) is 0 Å². The van der Waals surface area contributed by atoms with Gasteiger partial charge in [0.1, 0.15) is 5.82 Å². The maximum absolute atomic E-state index is 13.0. The number of nitro groups is 1. The number of methoxy groups -OCH3 is 1. The first-order chi connectivity index (χ1) is 13.0. The summed E-state index contributed by atoms with van der Waals surface area (Å²) in [4.78, 5) is 26.1. The Bertz CT molecular complexity index is 984. The molecule has 0 bridgehead atoms. The number of oxazole rings is 1. The average Bonchev–Trinajstić information content (AvgIpc) is 3.15. The number of carbonyl (C=O) groups is 1. The van der Waals surface area contributed by atoms with Crippen LogP contribution in [0.4, 0.5) is 10.1 Å². The second kappa shape index (κ2) is 7.65. The van der Waals surface area contributed by atoms with Crippen molar-refractivity contribution < 1.29 is 28.0 Å². The van der Waals surface area contributed by atoms with Crippen LogP contribution >= 0.6 is 0 Å². The highest BCUT2D eigenvalue weighted by atomic mass is 19.1. The number of nitrogens with zero attached hydrogens (tertiary/aromatic N) is 2. The first-order valence-corrected chi connectivity index (χ1v) is 7.68. The van der Waals surface area contributed by atoms with Crippen LogP contribution in [0, 0.1) is 15.9 Å². The fraction of sp³-hybridized carbons (Fsp3) is 0.111. The number of aromatic nitrogens is 1.